The summed E-state index contributed by atoms with van der Waals surface area (Å²) in [6, 6.07) is 7.05. The number of aromatic nitrogens is 1. The van der Waals surface area contributed by atoms with Gasteiger partial charge < -0.3 is 9.32 Å². The Morgan fingerprint density at radius 1 is 1.19 bits per heavy atom. The molecule has 1 fully saturated rings. The normalized spacial score (nSPS) is 15.5. The number of amides is 1. The fourth-order valence-electron chi connectivity index (χ4n) is 3.41. The molecule has 3 heterocycles. The number of nitrogens with zero attached hydrogens (tertiary/aromatic N) is 4. The lowest BCUT2D eigenvalue weighted by molar-refractivity contribution is -0.384. The van der Waals surface area contributed by atoms with Crippen LogP contribution in [0.2, 0.25) is 0 Å². The molecule has 13 heteroatoms. The summed E-state index contributed by atoms with van der Waals surface area (Å²) in [4.78, 5) is 37.5. The van der Waals surface area contributed by atoms with Gasteiger partial charge in [0, 0.05) is 37.1 Å². The van der Waals surface area contributed by atoms with Crippen LogP contribution in [-0.4, -0.2) is 59.2 Å². The van der Waals surface area contributed by atoms with Crippen LogP contribution >= 0.6 is 11.3 Å². The zero-order chi connectivity index (χ0) is 22.3. The third-order valence-corrected chi connectivity index (χ3v) is 8.42. The van der Waals surface area contributed by atoms with E-state index in [1.54, 1.807) is 12.1 Å². The SMILES string of the molecule is Cc1ccc(S(=O)(=O)N2CCN(C(=O)Cn3c(=O)oc4cc([N+](=O)[O-])ccc43)CC2)s1. The first-order valence-corrected chi connectivity index (χ1v) is 11.5. The Labute approximate surface area is 180 Å². The molecule has 1 amide bonds. The number of fused-ring (bicyclic) bond motifs is 1. The minimum absolute atomic E-state index is 0.0224. The van der Waals surface area contributed by atoms with Gasteiger partial charge in [0.25, 0.3) is 15.7 Å². The summed E-state index contributed by atoms with van der Waals surface area (Å²) in [5, 5.41) is 10.9. The van der Waals surface area contributed by atoms with Crippen LogP contribution in [0.15, 0.2) is 43.8 Å². The van der Waals surface area contributed by atoms with Gasteiger partial charge in [0.2, 0.25) is 5.91 Å². The first kappa shape index (κ1) is 21.2. The fraction of sp³-hybridized carbons (Fsp3) is 0.333. The van der Waals surface area contributed by atoms with Gasteiger partial charge in [-0.15, -0.1) is 11.3 Å². The molecule has 3 aromatic rings. The molecule has 0 spiro atoms. The number of non-ortho nitro benzene ring substituents is 1. The predicted octanol–water partition coefficient (Wildman–Crippen LogP) is 1.41. The summed E-state index contributed by atoms with van der Waals surface area (Å²) in [5.41, 5.74) is 0.0744. The van der Waals surface area contributed by atoms with Crippen LogP contribution in [0.5, 0.6) is 0 Å². The number of aryl methyl sites for hydroxylation is 1. The highest BCUT2D eigenvalue weighted by Crippen LogP contribution is 2.25. The first-order chi connectivity index (χ1) is 14.7. The van der Waals surface area contributed by atoms with Crippen molar-refractivity contribution < 1.29 is 22.6 Å². The average molecular weight is 466 g/mol. The summed E-state index contributed by atoms with van der Waals surface area (Å²) in [7, 11) is -3.60. The van der Waals surface area contributed by atoms with E-state index in [1.807, 2.05) is 6.92 Å². The fourth-order valence-corrected chi connectivity index (χ4v) is 6.27. The zero-order valence-corrected chi connectivity index (χ0v) is 18.0. The van der Waals surface area contributed by atoms with Gasteiger partial charge in [-0.05, 0) is 25.1 Å². The molecule has 31 heavy (non-hydrogen) atoms. The summed E-state index contributed by atoms with van der Waals surface area (Å²) in [6.07, 6.45) is 0. The van der Waals surface area contributed by atoms with E-state index >= 15 is 0 Å². The van der Waals surface area contributed by atoms with E-state index in [0.29, 0.717) is 0 Å². The number of benzene rings is 1. The molecule has 0 saturated carbocycles. The van der Waals surface area contributed by atoms with Gasteiger partial charge in [-0.3, -0.25) is 19.5 Å². The molecule has 4 rings (SSSR count). The summed E-state index contributed by atoms with van der Waals surface area (Å²) in [5.74, 6) is -1.16. The highest BCUT2D eigenvalue weighted by molar-refractivity contribution is 7.91. The second-order valence-electron chi connectivity index (χ2n) is 7.01. The van der Waals surface area contributed by atoms with Gasteiger partial charge >= 0.3 is 5.76 Å². The third-order valence-electron chi connectivity index (χ3n) is 5.06. The second kappa shape index (κ2) is 7.90. The molecule has 0 unspecified atom stereocenters. The molecular formula is C18H18N4O7S2. The van der Waals surface area contributed by atoms with Crippen LogP contribution in [0, 0.1) is 17.0 Å². The molecule has 11 nitrogen and oxygen atoms in total. The first-order valence-electron chi connectivity index (χ1n) is 9.29. The molecule has 0 radical (unpaired) electrons. The van der Waals surface area contributed by atoms with Crippen molar-refractivity contribution >= 4 is 44.1 Å². The number of nitro benzene ring substituents is 1. The van der Waals surface area contributed by atoms with Crippen LogP contribution < -0.4 is 5.76 Å². The molecule has 1 aromatic carbocycles. The van der Waals surface area contributed by atoms with E-state index in [4.69, 9.17) is 4.42 Å². The minimum atomic E-state index is -3.60. The molecule has 0 atom stereocenters. The lowest BCUT2D eigenvalue weighted by Gasteiger charge is -2.33. The van der Waals surface area contributed by atoms with Gasteiger partial charge in [0.1, 0.15) is 10.8 Å². The van der Waals surface area contributed by atoms with Gasteiger partial charge in [-0.1, -0.05) is 0 Å². The Hall–Kier alpha value is -3.03. The van der Waals surface area contributed by atoms with Crippen molar-refractivity contribution in [2.24, 2.45) is 0 Å². The molecule has 1 aliphatic rings. The topological polar surface area (TPSA) is 136 Å². The highest BCUT2D eigenvalue weighted by Gasteiger charge is 2.31. The maximum absolute atomic E-state index is 12.7. The van der Waals surface area contributed by atoms with Gasteiger partial charge in [-0.2, -0.15) is 4.31 Å². The quantitative estimate of drug-likeness (QED) is 0.409. The van der Waals surface area contributed by atoms with E-state index in [9.17, 15) is 28.1 Å². The number of carbonyl (C=O) groups excluding carboxylic acids is 1. The summed E-state index contributed by atoms with van der Waals surface area (Å²) < 4.78 is 33.2. The smallest absolute Gasteiger partial charge is 0.407 e. The maximum atomic E-state index is 12.7. The Morgan fingerprint density at radius 2 is 1.90 bits per heavy atom. The standard InChI is InChI=1S/C18H18N4O7S2/c1-12-2-5-17(30-12)31(27,28)20-8-6-19(7-9-20)16(23)11-21-14-4-3-13(22(25)26)10-15(14)29-18(21)24/h2-5,10H,6-9,11H2,1H3. The summed E-state index contributed by atoms with van der Waals surface area (Å²) in [6.45, 7) is 2.22. The highest BCUT2D eigenvalue weighted by atomic mass is 32.2. The average Bonchev–Trinajstić information content (AvgIpc) is 3.31. The zero-order valence-electron chi connectivity index (χ0n) is 16.4. The second-order valence-corrected chi connectivity index (χ2v) is 10.5. The molecule has 1 aliphatic heterocycles. The van der Waals surface area contributed by atoms with Crippen LogP contribution in [0.25, 0.3) is 11.1 Å². The Kier molecular flexibility index (Phi) is 5.41. The van der Waals surface area contributed by atoms with Crippen molar-refractivity contribution in [3.05, 3.63) is 55.9 Å². The van der Waals surface area contributed by atoms with Gasteiger partial charge in [-0.25, -0.2) is 13.2 Å². The molecule has 0 N–H and O–H groups in total. The Morgan fingerprint density at radius 3 is 2.52 bits per heavy atom. The maximum Gasteiger partial charge on any atom is 0.420 e. The van der Waals surface area contributed by atoms with Crippen molar-refractivity contribution in [1.82, 2.24) is 13.8 Å². The van der Waals surface area contributed by atoms with Crippen LogP contribution in [0.1, 0.15) is 4.88 Å². The molecule has 0 bridgehead atoms. The monoisotopic (exact) mass is 466 g/mol. The Balaban J connectivity index is 1.46. The number of thiophene rings is 1. The van der Waals surface area contributed by atoms with Crippen molar-refractivity contribution in [1.29, 1.82) is 0 Å². The van der Waals surface area contributed by atoms with Crippen LogP contribution in [0.4, 0.5) is 5.69 Å². The lowest BCUT2D eigenvalue weighted by atomic mass is 10.3. The Bertz CT molecular complexity index is 1330. The number of rotatable bonds is 5. The molecule has 1 saturated heterocycles. The number of sulfonamides is 1. The van der Waals surface area contributed by atoms with E-state index in [1.165, 1.54) is 32.7 Å². The molecule has 0 aliphatic carbocycles. The molecule has 2 aromatic heterocycles. The number of piperazine rings is 1. The van der Waals surface area contributed by atoms with Crippen LogP contribution in [0.3, 0.4) is 0 Å². The predicted molar refractivity (Wildman–Crippen MR) is 112 cm³/mol. The number of carbonyl (C=O) groups is 1. The molecule has 164 valence electrons. The number of nitro groups is 1. The number of hydrogen-bond acceptors (Lipinski definition) is 8. The third kappa shape index (κ3) is 3.98. The number of oxazole rings is 1. The minimum Gasteiger partial charge on any atom is -0.407 e. The largest absolute Gasteiger partial charge is 0.420 e. The number of hydrogen-bond donors (Lipinski definition) is 0. The van der Waals surface area contributed by atoms with E-state index in [2.05, 4.69) is 0 Å². The van der Waals surface area contributed by atoms with Gasteiger partial charge in [0.05, 0.1) is 16.5 Å². The van der Waals surface area contributed by atoms with Crippen molar-refractivity contribution in [2.45, 2.75) is 17.7 Å². The van der Waals surface area contributed by atoms with Crippen molar-refractivity contribution in [3.8, 4) is 0 Å². The van der Waals surface area contributed by atoms with Crippen LogP contribution in [-0.2, 0) is 21.4 Å². The van der Waals surface area contributed by atoms with E-state index in [0.717, 1.165) is 15.5 Å². The lowest BCUT2D eigenvalue weighted by Crippen LogP contribution is -2.51. The van der Waals surface area contributed by atoms with E-state index < -0.39 is 20.7 Å². The summed E-state index contributed by atoms with van der Waals surface area (Å²) >= 11 is 1.20. The molecular weight excluding hydrogens is 448 g/mol. The van der Waals surface area contributed by atoms with Crippen molar-refractivity contribution in [3.63, 3.8) is 0 Å². The van der Waals surface area contributed by atoms with Gasteiger partial charge in [0.15, 0.2) is 5.58 Å². The van der Waals surface area contributed by atoms with Crippen molar-refractivity contribution in [2.75, 3.05) is 26.2 Å². The van der Waals surface area contributed by atoms with E-state index in [-0.39, 0.29) is 59.6 Å².